The summed E-state index contributed by atoms with van der Waals surface area (Å²) in [7, 11) is 0. The van der Waals surface area contributed by atoms with E-state index in [9.17, 15) is 9.59 Å². The number of carbonyl (C=O) groups is 2. The summed E-state index contributed by atoms with van der Waals surface area (Å²) in [6.45, 7) is 16.9. The van der Waals surface area contributed by atoms with Gasteiger partial charge in [-0.3, -0.25) is 4.89 Å². The fourth-order valence-corrected chi connectivity index (χ4v) is 2.84. The van der Waals surface area contributed by atoms with Crippen molar-refractivity contribution in [1.82, 2.24) is 5.32 Å². The van der Waals surface area contributed by atoms with Crippen LogP contribution in [-0.4, -0.2) is 23.8 Å². The van der Waals surface area contributed by atoms with Crippen molar-refractivity contribution in [3.05, 3.63) is 35.4 Å². The van der Waals surface area contributed by atoms with E-state index in [-0.39, 0.29) is 5.92 Å². The van der Waals surface area contributed by atoms with Gasteiger partial charge in [-0.1, -0.05) is 52.0 Å². The van der Waals surface area contributed by atoms with Crippen molar-refractivity contribution in [2.45, 2.75) is 91.9 Å². The normalized spacial score (nSPS) is 13.3. The molecule has 0 aliphatic heterocycles. The zero-order valence-electron chi connectivity index (χ0n) is 19.3. The van der Waals surface area contributed by atoms with E-state index in [1.807, 2.05) is 26.0 Å². The summed E-state index contributed by atoms with van der Waals surface area (Å²) < 4.78 is 5.51. The number of nitrogens with one attached hydrogen (secondary N) is 1. The third kappa shape index (κ3) is 8.44. The molecule has 1 atom stereocenters. The predicted molar refractivity (Wildman–Crippen MR) is 113 cm³/mol. The second-order valence-corrected chi connectivity index (χ2v) is 9.35. The van der Waals surface area contributed by atoms with Crippen molar-refractivity contribution in [2.75, 3.05) is 0 Å². The lowest BCUT2D eigenvalue weighted by atomic mass is 9.90. The van der Waals surface area contributed by atoms with Gasteiger partial charge < -0.3 is 10.1 Å². The summed E-state index contributed by atoms with van der Waals surface area (Å²) in [5.74, 6) is -0.304. The molecule has 0 spiro atoms. The van der Waals surface area contributed by atoms with Crippen LogP contribution in [0.1, 0.15) is 85.8 Å². The van der Waals surface area contributed by atoms with Crippen LogP contribution in [-0.2, 0) is 24.8 Å². The fraction of sp³-hybridized carbons (Fsp3) is 0.652. The van der Waals surface area contributed by atoms with Crippen LogP contribution in [0.5, 0.6) is 0 Å². The number of alkyl carbamates (subject to hydrolysis) is 1. The van der Waals surface area contributed by atoms with E-state index in [2.05, 4.69) is 31.3 Å². The van der Waals surface area contributed by atoms with Gasteiger partial charge in [0.15, 0.2) is 0 Å². The molecule has 1 N–H and O–H groups in total. The Morgan fingerprint density at radius 2 is 1.66 bits per heavy atom. The highest BCUT2D eigenvalue weighted by Crippen LogP contribution is 2.25. The Bertz CT molecular complexity index is 694. The number of amides is 1. The molecule has 29 heavy (non-hydrogen) atoms. The van der Waals surface area contributed by atoms with Crippen molar-refractivity contribution in [2.24, 2.45) is 5.92 Å². The molecule has 1 amide bonds. The lowest BCUT2D eigenvalue weighted by Crippen LogP contribution is -2.43. The summed E-state index contributed by atoms with van der Waals surface area (Å²) in [5.41, 5.74) is 0.859. The average molecular weight is 408 g/mol. The maximum Gasteiger partial charge on any atom is 0.408 e. The SMILES string of the molecule is CC(CC(C)(C)OOC(=O)C(C)C)OC(=O)NC(C)(C)c1cccc(C(C)C)c1. The Morgan fingerprint density at radius 3 is 2.21 bits per heavy atom. The van der Waals surface area contributed by atoms with Gasteiger partial charge in [-0.2, -0.15) is 4.89 Å². The van der Waals surface area contributed by atoms with Gasteiger partial charge in [0.1, 0.15) is 11.7 Å². The Kier molecular flexibility index (Phi) is 8.69. The van der Waals surface area contributed by atoms with E-state index in [0.29, 0.717) is 12.3 Å². The van der Waals surface area contributed by atoms with Crippen LogP contribution >= 0.6 is 0 Å². The highest BCUT2D eigenvalue weighted by atomic mass is 17.2. The first kappa shape index (κ1) is 25.0. The van der Waals surface area contributed by atoms with Gasteiger partial charge in [0.05, 0.1) is 11.5 Å². The molecule has 1 aromatic rings. The fourth-order valence-electron chi connectivity index (χ4n) is 2.84. The number of hydrogen-bond acceptors (Lipinski definition) is 5. The minimum absolute atomic E-state index is 0.276. The van der Waals surface area contributed by atoms with E-state index in [1.165, 1.54) is 5.56 Å². The monoisotopic (exact) mass is 407 g/mol. The van der Waals surface area contributed by atoms with Crippen LogP contribution in [0.15, 0.2) is 24.3 Å². The zero-order valence-corrected chi connectivity index (χ0v) is 19.3. The Labute approximate surface area is 175 Å². The summed E-state index contributed by atoms with van der Waals surface area (Å²) in [4.78, 5) is 34.1. The van der Waals surface area contributed by atoms with Crippen LogP contribution in [0, 0.1) is 5.92 Å². The molecule has 0 radical (unpaired) electrons. The predicted octanol–water partition coefficient (Wildman–Crippen LogP) is 5.46. The van der Waals surface area contributed by atoms with Crippen molar-refractivity contribution in [3.63, 3.8) is 0 Å². The molecule has 0 heterocycles. The van der Waals surface area contributed by atoms with Gasteiger partial charge in [0, 0.05) is 6.42 Å². The zero-order chi connectivity index (χ0) is 22.4. The lowest BCUT2D eigenvalue weighted by molar-refractivity contribution is -0.330. The summed E-state index contributed by atoms with van der Waals surface area (Å²) in [6, 6.07) is 8.18. The smallest absolute Gasteiger partial charge is 0.408 e. The molecular formula is C23H37NO5. The van der Waals surface area contributed by atoms with Crippen LogP contribution in [0.25, 0.3) is 0 Å². The first-order valence-corrected chi connectivity index (χ1v) is 10.2. The molecule has 1 unspecified atom stereocenters. The molecule has 0 aliphatic carbocycles. The maximum atomic E-state index is 12.4. The summed E-state index contributed by atoms with van der Waals surface area (Å²) >= 11 is 0. The maximum absolute atomic E-state index is 12.4. The highest BCUT2D eigenvalue weighted by Gasteiger charge is 2.29. The van der Waals surface area contributed by atoms with Gasteiger partial charge in [-0.25, -0.2) is 9.59 Å². The molecule has 6 heteroatoms. The van der Waals surface area contributed by atoms with Gasteiger partial charge in [0.2, 0.25) is 0 Å². The van der Waals surface area contributed by atoms with Crippen LogP contribution in [0.3, 0.4) is 0 Å². The molecule has 0 bridgehead atoms. The number of benzene rings is 1. The van der Waals surface area contributed by atoms with Crippen molar-refractivity contribution < 1.29 is 24.1 Å². The van der Waals surface area contributed by atoms with Gasteiger partial charge in [0.25, 0.3) is 0 Å². The first-order chi connectivity index (χ1) is 13.2. The minimum atomic E-state index is -0.786. The minimum Gasteiger partial charge on any atom is -0.446 e. The quantitative estimate of drug-likeness (QED) is 0.435. The number of ether oxygens (including phenoxy) is 1. The molecule has 6 nitrogen and oxygen atoms in total. The highest BCUT2D eigenvalue weighted by molar-refractivity contribution is 5.70. The topological polar surface area (TPSA) is 73.9 Å². The number of rotatable bonds is 9. The van der Waals surface area contributed by atoms with E-state index in [4.69, 9.17) is 14.5 Å². The number of carbonyl (C=O) groups excluding carboxylic acids is 2. The molecule has 164 valence electrons. The van der Waals surface area contributed by atoms with Crippen LogP contribution < -0.4 is 5.32 Å². The van der Waals surface area contributed by atoms with E-state index >= 15 is 0 Å². The standard InChI is InChI=1S/C23H37NO5/c1-15(2)18-11-10-12-19(13-18)23(8,9)24-21(26)27-17(5)14-22(6,7)29-28-20(25)16(3)4/h10-13,15-17H,14H2,1-9H3,(H,24,26). The Balaban J connectivity index is 2.64. The number of hydrogen-bond donors (Lipinski definition) is 1. The van der Waals surface area contributed by atoms with E-state index in [1.54, 1.807) is 34.6 Å². The molecule has 1 aromatic carbocycles. The second kappa shape index (κ2) is 10.1. The van der Waals surface area contributed by atoms with Crippen LogP contribution in [0.4, 0.5) is 4.79 Å². The van der Waals surface area contributed by atoms with Gasteiger partial charge >= 0.3 is 12.1 Å². The summed E-state index contributed by atoms with van der Waals surface area (Å²) in [5, 5.41) is 2.93. The third-order valence-electron chi connectivity index (χ3n) is 4.60. The average Bonchev–Trinajstić information content (AvgIpc) is 2.58. The molecule has 0 aromatic heterocycles. The lowest BCUT2D eigenvalue weighted by Gasteiger charge is -2.30. The van der Waals surface area contributed by atoms with Gasteiger partial charge in [-0.05, 0) is 51.7 Å². The molecule has 0 aliphatic rings. The van der Waals surface area contributed by atoms with Gasteiger partial charge in [-0.15, -0.1) is 0 Å². The third-order valence-corrected chi connectivity index (χ3v) is 4.60. The Morgan fingerprint density at radius 1 is 1.03 bits per heavy atom. The summed E-state index contributed by atoms with van der Waals surface area (Å²) in [6.07, 6.45) is -0.567. The molecule has 1 rings (SSSR count). The van der Waals surface area contributed by atoms with E-state index in [0.717, 1.165) is 5.56 Å². The van der Waals surface area contributed by atoms with E-state index < -0.39 is 29.3 Å². The van der Waals surface area contributed by atoms with Crippen LogP contribution in [0.2, 0.25) is 0 Å². The molecule has 0 fully saturated rings. The van der Waals surface area contributed by atoms with Crippen molar-refractivity contribution in [1.29, 1.82) is 0 Å². The molecular weight excluding hydrogens is 370 g/mol. The largest absolute Gasteiger partial charge is 0.446 e. The molecule has 0 saturated heterocycles. The first-order valence-electron chi connectivity index (χ1n) is 10.2. The molecule has 0 saturated carbocycles. The second-order valence-electron chi connectivity index (χ2n) is 9.35. The van der Waals surface area contributed by atoms with Crippen molar-refractivity contribution in [3.8, 4) is 0 Å². The Hall–Kier alpha value is -2.08. The van der Waals surface area contributed by atoms with Crippen molar-refractivity contribution >= 4 is 12.1 Å².